The van der Waals surface area contributed by atoms with Gasteiger partial charge in [0.2, 0.25) is 5.95 Å². The van der Waals surface area contributed by atoms with Gasteiger partial charge in [-0.2, -0.15) is 4.39 Å². The molecule has 1 aromatic heterocycles. The lowest BCUT2D eigenvalue weighted by Gasteiger charge is -2.08. The molecule has 0 aliphatic heterocycles. The van der Waals surface area contributed by atoms with Crippen molar-refractivity contribution in [3.05, 3.63) is 45.4 Å². The second kappa shape index (κ2) is 4.69. The number of nitrogens with two attached hydrogens (primary N) is 1. The summed E-state index contributed by atoms with van der Waals surface area (Å²) in [5.41, 5.74) is 6.44. The highest BCUT2D eigenvalue weighted by Gasteiger charge is 2.12. The highest BCUT2D eigenvalue weighted by atomic mass is 35.5. The lowest BCUT2D eigenvalue weighted by molar-refractivity contribution is 0.589. The van der Waals surface area contributed by atoms with Gasteiger partial charge < -0.3 is 5.73 Å². The molecule has 88 valence electrons. The molecule has 1 aromatic carbocycles. The van der Waals surface area contributed by atoms with Crippen LogP contribution in [0.2, 0.25) is 15.1 Å². The first-order chi connectivity index (χ1) is 7.99. The van der Waals surface area contributed by atoms with Crippen LogP contribution in [-0.2, 0) is 0 Å². The second-order valence-corrected chi connectivity index (χ2v) is 4.60. The highest BCUT2D eigenvalue weighted by molar-refractivity contribution is 6.41. The number of halogens is 4. The van der Waals surface area contributed by atoms with Crippen LogP contribution in [0.3, 0.4) is 0 Å². The van der Waals surface area contributed by atoms with Crippen molar-refractivity contribution in [1.82, 2.24) is 4.98 Å². The van der Waals surface area contributed by atoms with E-state index < -0.39 is 5.95 Å². The predicted molar refractivity (Wildman–Crippen MR) is 69.1 cm³/mol. The summed E-state index contributed by atoms with van der Waals surface area (Å²) < 4.78 is 13.0. The largest absolute Gasteiger partial charge is 0.395 e. The quantitative estimate of drug-likeness (QED) is 0.789. The van der Waals surface area contributed by atoms with E-state index in [4.69, 9.17) is 40.5 Å². The Hall–Kier alpha value is -1.03. The zero-order valence-electron chi connectivity index (χ0n) is 8.35. The number of pyridine rings is 1. The van der Waals surface area contributed by atoms with E-state index in [9.17, 15) is 4.39 Å². The van der Waals surface area contributed by atoms with Gasteiger partial charge in [0.15, 0.2) is 0 Å². The molecule has 0 unspecified atom stereocenters. The third-order valence-electron chi connectivity index (χ3n) is 2.16. The fraction of sp³-hybridized carbons (Fsp3) is 0. The number of nitrogens with zero attached hydrogens (tertiary/aromatic N) is 1. The first kappa shape index (κ1) is 12.4. The van der Waals surface area contributed by atoms with Crippen molar-refractivity contribution in [3.63, 3.8) is 0 Å². The van der Waals surface area contributed by atoms with Crippen LogP contribution in [0, 0.1) is 5.95 Å². The van der Waals surface area contributed by atoms with Gasteiger partial charge in [-0.25, -0.2) is 4.98 Å². The number of anilines is 1. The summed E-state index contributed by atoms with van der Waals surface area (Å²) in [6.45, 7) is 0. The maximum absolute atomic E-state index is 13.0. The molecule has 0 amide bonds. The Labute approximate surface area is 112 Å². The molecule has 0 spiro atoms. The van der Waals surface area contributed by atoms with Crippen LogP contribution in [0.1, 0.15) is 0 Å². The monoisotopic (exact) mass is 290 g/mol. The van der Waals surface area contributed by atoms with Crippen molar-refractivity contribution < 1.29 is 4.39 Å². The van der Waals surface area contributed by atoms with Crippen LogP contribution in [0.4, 0.5) is 10.1 Å². The van der Waals surface area contributed by atoms with Gasteiger partial charge in [-0.05, 0) is 18.2 Å². The highest BCUT2D eigenvalue weighted by Crippen LogP contribution is 2.37. The van der Waals surface area contributed by atoms with Crippen molar-refractivity contribution in [2.75, 3.05) is 5.73 Å². The molecule has 2 N–H and O–H groups in total. The first-order valence-corrected chi connectivity index (χ1v) is 5.68. The molecule has 0 atom stereocenters. The van der Waals surface area contributed by atoms with Gasteiger partial charge >= 0.3 is 0 Å². The van der Waals surface area contributed by atoms with Crippen molar-refractivity contribution in [1.29, 1.82) is 0 Å². The van der Waals surface area contributed by atoms with Crippen LogP contribution < -0.4 is 5.73 Å². The molecular weight excluding hydrogens is 285 g/mol. The van der Waals surface area contributed by atoms with Gasteiger partial charge in [0.05, 0.1) is 15.7 Å². The third-order valence-corrected chi connectivity index (χ3v) is 2.98. The molecule has 2 nitrogen and oxygen atoms in total. The Morgan fingerprint density at radius 1 is 1.06 bits per heavy atom. The lowest BCUT2D eigenvalue weighted by atomic mass is 10.1. The summed E-state index contributed by atoms with van der Waals surface area (Å²) >= 11 is 17.9. The van der Waals surface area contributed by atoms with E-state index in [0.29, 0.717) is 26.2 Å². The van der Waals surface area contributed by atoms with Crippen molar-refractivity contribution in [2.24, 2.45) is 0 Å². The fourth-order valence-electron chi connectivity index (χ4n) is 1.42. The number of benzene rings is 1. The lowest BCUT2D eigenvalue weighted by Crippen LogP contribution is -1.95. The topological polar surface area (TPSA) is 38.9 Å². The van der Waals surface area contributed by atoms with E-state index in [0.717, 1.165) is 0 Å². The van der Waals surface area contributed by atoms with E-state index in [-0.39, 0.29) is 5.69 Å². The van der Waals surface area contributed by atoms with E-state index in [2.05, 4.69) is 4.98 Å². The molecule has 0 aliphatic rings. The normalized spacial score (nSPS) is 10.6. The molecule has 0 saturated heterocycles. The molecule has 1 heterocycles. The number of rotatable bonds is 1. The van der Waals surface area contributed by atoms with Crippen molar-refractivity contribution in [3.8, 4) is 11.1 Å². The van der Waals surface area contributed by atoms with Crippen LogP contribution in [0.5, 0.6) is 0 Å². The Morgan fingerprint density at radius 3 is 2.18 bits per heavy atom. The number of nitrogen functional groups attached to an aromatic ring is 1. The average Bonchev–Trinajstić information content (AvgIpc) is 2.21. The molecule has 0 bridgehead atoms. The van der Waals surface area contributed by atoms with Crippen LogP contribution >= 0.6 is 34.8 Å². The molecule has 2 aromatic rings. The molecule has 0 fully saturated rings. The summed E-state index contributed by atoms with van der Waals surface area (Å²) in [6, 6.07) is 4.51. The van der Waals surface area contributed by atoms with E-state index in [1.807, 2.05) is 0 Å². The Kier molecular flexibility index (Phi) is 3.43. The van der Waals surface area contributed by atoms with Gasteiger partial charge in [-0.3, -0.25) is 0 Å². The predicted octanol–water partition coefficient (Wildman–Crippen LogP) is 4.43. The zero-order chi connectivity index (χ0) is 12.6. The summed E-state index contributed by atoms with van der Waals surface area (Å²) in [7, 11) is 0. The van der Waals surface area contributed by atoms with Gasteiger partial charge in [0.1, 0.15) is 0 Å². The van der Waals surface area contributed by atoms with E-state index in [1.165, 1.54) is 12.3 Å². The smallest absolute Gasteiger partial charge is 0.236 e. The minimum atomic E-state index is -0.727. The SMILES string of the molecule is Nc1cc(-c2c(Cl)cc(Cl)cc2Cl)cnc1F. The standard InChI is InChI=1S/C11H6Cl3FN2/c12-6-2-7(13)10(8(14)3-6)5-1-9(16)11(15)17-4-5/h1-4H,16H2. The number of hydrogen-bond acceptors (Lipinski definition) is 2. The van der Waals surface area contributed by atoms with Gasteiger partial charge in [-0.15, -0.1) is 0 Å². The minimum Gasteiger partial charge on any atom is -0.395 e. The summed E-state index contributed by atoms with van der Waals surface area (Å²) in [5.74, 6) is -0.727. The van der Waals surface area contributed by atoms with Crippen molar-refractivity contribution in [2.45, 2.75) is 0 Å². The molecule has 0 aliphatic carbocycles. The second-order valence-electron chi connectivity index (χ2n) is 3.35. The van der Waals surface area contributed by atoms with Crippen LogP contribution in [0.25, 0.3) is 11.1 Å². The van der Waals surface area contributed by atoms with Gasteiger partial charge in [0, 0.05) is 22.3 Å². The Bertz CT molecular complexity index is 564. The van der Waals surface area contributed by atoms with Gasteiger partial charge in [0.25, 0.3) is 0 Å². The van der Waals surface area contributed by atoms with Crippen LogP contribution in [0.15, 0.2) is 24.4 Å². The minimum absolute atomic E-state index is 0.0652. The molecule has 0 saturated carbocycles. The molecule has 6 heteroatoms. The maximum Gasteiger partial charge on any atom is 0.236 e. The Morgan fingerprint density at radius 2 is 1.65 bits per heavy atom. The van der Waals surface area contributed by atoms with E-state index in [1.54, 1.807) is 12.1 Å². The fourth-order valence-corrected chi connectivity index (χ4v) is 2.45. The molecule has 2 rings (SSSR count). The molecule has 17 heavy (non-hydrogen) atoms. The maximum atomic E-state index is 13.0. The summed E-state index contributed by atoms with van der Waals surface area (Å²) in [4.78, 5) is 3.52. The summed E-state index contributed by atoms with van der Waals surface area (Å²) in [5, 5.41) is 1.14. The molecular formula is C11H6Cl3FN2. The van der Waals surface area contributed by atoms with E-state index >= 15 is 0 Å². The molecule has 0 radical (unpaired) electrons. The average molecular weight is 292 g/mol. The first-order valence-electron chi connectivity index (χ1n) is 4.55. The number of hydrogen-bond donors (Lipinski definition) is 1. The van der Waals surface area contributed by atoms with Gasteiger partial charge in [-0.1, -0.05) is 34.8 Å². The van der Waals surface area contributed by atoms with Crippen molar-refractivity contribution >= 4 is 40.5 Å². The Balaban J connectivity index is 2.64. The number of aromatic nitrogens is 1. The third kappa shape index (κ3) is 2.46. The summed E-state index contributed by atoms with van der Waals surface area (Å²) in [6.07, 6.45) is 1.31. The zero-order valence-corrected chi connectivity index (χ0v) is 10.6. The van der Waals surface area contributed by atoms with Crippen LogP contribution in [-0.4, -0.2) is 4.98 Å².